The number of methoxy groups -OCH3 is 1. The first-order chi connectivity index (χ1) is 5.15. The van der Waals surface area contributed by atoms with Crippen molar-refractivity contribution in [3.8, 4) is 0 Å². The van der Waals surface area contributed by atoms with E-state index in [2.05, 4.69) is 5.32 Å². The Labute approximate surface area is 67.7 Å². The lowest BCUT2D eigenvalue weighted by molar-refractivity contribution is 0.0783. The number of aliphatic hydroxyl groups excluding tert-OH is 1. The summed E-state index contributed by atoms with van der Waals surface area (Å²) in [7, 11) is 1.70. The minimum atomic E-state index is -0.389. The molecule has 1 fully saturated rings. The SMILES string of the molecule is CO[C@@H]1C[C@H]1NC(O)C(C)C. The molecule has 0 bridgehead atoms. The molecule has 0 radical (unpaired) electrons. The van der Waals surface area contributed by atoms with Crippen molar-refractivity contribution in [3.05, 3.63) is 0 Å². The van der Waals surface area contributed by atoms with E-state index in [-0.39, 0.29) is 12.1 Å². The fourth-order valence-corrected chi connectivity index (χ4v) is 1.02. The summed E-state index contributed by atoms with van der Waals surface area (Å²) in [6, 6.07) is 0.373. The molecule has 2 N–H and O–H groups in total. The largest absolute Gasteiger partial charge is 0.380 e. The van der Waals surface area contributed by atoms with E-state index in [4.69, 9.17) is 4.74 Å². The Hall–Kier alpha value is -0.120. The maximum atomic E-state index is 9.38. The molecule has 0 aromatic rings. The molecule has 1 rings (SSSR count). The molecule has 0 aromatic heterocycles. The predicted octanol–water partition coefficient (Wildman–Crippen LogP) is 0.338. The van der Waals surface area contributed by atoms with Crippen molar-refractivity contribution in [2.24, 2.45) is 5.92 Å². The van der Waals surface area contributed by atoms with Crippen LogP contribution in [-0.4, -0.2) is 30.6 Å². The number of hydrogen-bond donors (Lipinski definition) is 2. The highest BCUT2D eigenvalue weighted by molar-refractivity contribution is 4.95. The fourth-order valence-electron chi connectivity index (χ4n) is 1.02. The van der Waals surface area contributed by atoms with E-state index >= 15 is 0 Å². The zero-order valence-electron chi connectivity index (χ0n) is 7.37. The van der Waals surface area contributed by atoms with Gasteiger partial charge in [0.15, 0.2) is 0 Å². The molecule has 0 aromatic carbocycles. The molecule has 1 saturated carbocycles. The summed E-state index contributed by atoms with van der Waals surface area (Å²) in [5, 5.41) is 12.5. The van der Waals surface area contributed by atoms with Gasteiger partial charge in [-0.05, 0) is 12.3 Å². The van der Waals surface area contributed by atoms with Crippen LogP contribution in [0.1, 0.15) is 20.3 Å². The Balaban J connectivity index is 2.13. The van der Waals surface area contributed by atoms with Crippen molar-refractivity contribution in [1.82, 2.24) is 5.32 Å². The molecular formula is C8H17NO2. The second kappa shape index (κ2) is 3.52. The van der Waals surface area contributed by atoms with Crippen molar-refractivity contribution in [3.63, 3.8) is 0 Å². The van der Waals surface area contributed by atoms with Gasteiger partial charge in [0.25, 0.3) is 0 Å². The van der Waals surface area contributed by atoms with Gasteiger partial charge in [0.1, 0.15) is 6.23 Å². The molecule has 0 heterocycles. The molecule has 0 spiro atoms. The molecular weight excluding hydrogens is 142 g/mol. The summed E-state index contributed by atoms with van der Waals surface area (Å²) in [6.07, 6.45) is 0.962. The maximum absolute atomic E-state index is 9.38. The average molecular weight is 159 g/mol. The first kappa shape index (κ1) is 8.97. The normalized spacial score (nSPS) is 32.5. The van der Waals surface area contributed by atoms with E-state index in [1.807, 2.05) is 13.8 Å². The van der Waals surface area contributed by atoms with Crippen LogP contribution in [0.4, 0.5) is 0 Å². The highest BCUT2D eigenvalue weighted by atomic mass is 16.5. The Kier molecular flexibility index (Phi) is 2.87. The zero-order chi connectivity index (χ0) is 8.43. The highest BCUT2D eigenvalue weighted by Crippen LogP contribution is 2.25. The number of nitrogens with one attached hydrogen (secondary N) is 1. The lowest BCUT2D eigenvalue weighted by Gasteiger charge is -2.15. The number of aliphatic hydroxyl groups is 1. The molecule has 66 valence electrons. The van der Waals surface area contributed by atoms with Crippen LogP contribution in [0.15, 0.2) is 0 Å². The minimum absolute atomic E-state index is 0.271. The van der Waals surface area contributed by atoms with Crippen molar-refractivity contribution >= 4 is 0 Å². The van der Waals surface area contributed by atoms with E-state index in [0.29, 0.717) is 12.1 Å². The van der Waals surface area contributed by atoms with Crippen LogP contribution in [0.5, 0.6) is 0 Å². The molecule has 0 saturated heterocycles. The summed E-state index contributed by atoms with van der Waals surface area (Å²) in [5.74, 6) is 0.271. The topological polar surface area (TPSA) is 41.5 Å². The average Bonchev–Trinajstić information content (AvgIpc) is 2.67. The summed E-state index contributed by atoms with van der Waals surface area (Å²) in [6.45, 7) is 3.98. The second-order valence-corrected chi connectivity index (χ2v) is 3.47. The summed E-state index contributed by atoms with van der Waals surface area (Å²) < 4.78 is 5.08. The van der Waals surface area contributed by atoms with Crippen LogP contribution in [0.2, 0.25) is 0 Å². The smallest absolute Gasteiger partial charge is 0.107 e. The summed E-state index contributed by atoms with van der Waals surface area (Å²) in [5.41, 5.74) is 0. The standard InChI is InChI=1S/C8H17NO2/c1-5(2)8(10)9-6-4-7(6)11-3/h5-10H,4H2,1-3H3/t6-,7-,8?/m1/s1. The molecule has 0 amide bonds. The summed E-state index contributed by atoms with van der Waals surface area (Å²) >= 11 is 0. The van der Waals surface area contributed by atoms with Crippen LogP contribution >= 0.6 is 0 Å². The third-order valence-corrected chi connectivity index (χ3v) is 2.05. The van der Waals surface area contributed by atoms with Gasteiger partial charge < -0.3 is 9.84 Å². The van der Waals surface area contributed by atoms with Crippen LogP contribution < -0.4 is 5.32 Å². The maximum Gasteiger partial charge on any atom is 0.107 e. The highest BCUT2D eigenvalue weighted by Gasteiger charge is 2.38. The van der Waals surface area contributed by atoms with E-state index in [1.165, 1.54) is 0 Å². The molecule has 3 atom stereocenters. The molecule has 11 heavy (non-hydrogen) atoms. The van der Waals surface area contributed by atoms with Gasteiger partial charge in [-0.15, -0.1) is 0 Å². The predicted molar refractivity (Wildman–Crippen MR) is 43.2 cm³/mol. The van der Waals surface area contributed by atoms with E-state index in [0.717, 1.165) is 6.42 Å². The Morgan fingerprint density at radius 1 is 1.55 bits per heavy atom. The summed E-state index contributed by atoms with van der Waals surface area (Å²) in [4.78, 5) is 0. The van der Waals surface area contributed by atoms with Crippen LogP contribution in [-0.2, 0) is 4.74 Å². The first-order valence-electron chi connectivity index (χ1n) is 4.12. The van der Waals surface area contributed by atoms with Gasteiger partial charge in [0, 0.05) is 13.2 Å². The number of rotatable bonds is 4. The van der Waals surface area contributed by atoms with Gasteiger partial charge in [-0.3, -0.25) is 5.32 Å². The van der Waals surface area contributed by atoms with Crippen molar-refractivity contribution < 1.29 is 9.84 Å². The Bertz CT molecular complexity index is 127. The third kappa shape index (κ3) is 2.43. The monoisotopic (exact) mass is 159 g/mol. The second-order valence-electron chi connectivity index (χ2n) is 3.47. The van der Waals surface area contributed by atoms with Crippen molar-refractivity contribution in [2.75, 3.05) is 7.11 Å². The van der Waals surface area contributed by atoms with Gasteiger partial charge in [0.05, 0.1) is 6.10 Å². The van der Waals surface area contributed by atoms with Gasteiger partial charge in [-0.1, -0.05) is 13.8 Å². The molecule has 1 aliphatic rings. The van der Waals surface area contributed by atoms with E-state index < -0.39 is 0 Å². The molecule has 1 aliphatic carbocycles. The molecule has 0 aliphatic heterocycles. The van der Waals surface area contributed by atoms with Crippen molar-refractivity contribution in [2.45, 2.75) is 38.6 Å². The Morgan fingerprint density at radius 2 is 2.18 bits per heavy atom. The first-order valence-corrected chi connectivity index (χ1v) is 4.12. The van der Waals surface area contributed by atoms with E-state index in [9.17, 15) is 5.11 Å². The lowest BCUT2D eigenvalue weighted by Crippen LogP contribution is -2.36. The van der Waals surface area contributed by atoms with Gasteiger partial charge in [0.2, 0.25) is 0 Å². The van der Waals surface area contributed by atoms with Crippen LogP contribution in [0.25, 0.3) is 0 Å². The molecule has 1 unspecified atom stereocenters. The number of ether oxygens (including phenoxy) is 1. The van der Waals surface area contributed by atoms with Crippen LogP contribution in [0, 0.1) is 5.92 Å². The van der Waals surface area contributed by atoms with E-state index in [1.54, 1.807) is 7.11 Å². The van der Waals surface area contributed by atoms with Gasteiger partial charge >= 0.3 is 0 Å². The minimum Gasteiger partial charge on any atom is -0.380 e. The van der Waals surface area contributed by atoms with Crippen LogP contribution in [0.3, 0.4) is 0 Å². The molecule has 3 heteroatoms. The quantitative estimate of drug-likeness (QED) is 0.581. The van der Waals surface area contributed by atoms with Gasteiger partial charge in [-0.2, -0.15) is 0 Å². The Morgan fingerprint density at radius 3 is 2.55 bits per heavy atom. The van der Waals surface area contributed by atoms with Gasteiger partial charge in [-0.25, -0.2) is 0 Å². The molecule has 3 nitrogen and oxygen atoms in total. The lowest BCUT2D eigenvalue weighted by atomic mass is 10.2. The zero-order valence-corrected chi connectivity index (χ0v) is 7.37. The fraction of sp³-hybridized carbons (Fsp3) is 1.00. The third-order valence-electron chi connectivity index (χ3n) is 2.05. The van der Waals surface area contributed by atoms with Crippen molar-refractivity contribution in [1.29, 1.82) is 0 Å². The number of hydrogen-bond acceptors (Lipinski definition) is 3.